The molecule has 138 valence electrons. The van der Waals surface area contributed by atoms with Crippen LogP contribution >= 0.6 is 22.9 Å². The minimum absolute atomic E-state index is 0.00528. The first-order chi connectivity index (χ1) is 12.9. The maximum atomic E-state index is 13.4. The molecule has 0 bridgehead atoms. The minimum Gasteiger partial charge on any atom is -0.326 e. The summed E-state index contributed by atoms with van der Waals surface area (Å²) in [7, 11) is 0. The maximum Gasteiger partial charge on any atom is 0.267 e. The molecule has 0 unspecified atom stereocenters. The number of benzene rings is 2. The Bertz CT molecular complexity index is 1080. The second kappa shape index (κ2) is 6.94. The van der Waals surface area contributed by atoms with Gasteiger partial charge >= 0.3 is 0 Å². The smallest absolute Gasteiger partial charge is 0.267 e. The molecule has 0 radical (unpaired) electrons. The Morgan fingerprint density at radius 2 is 1.93 bits per heavy atom. The summed E-state index contributed by atoms with van der Waals surface area (Å²) in [4.78, 5) is 25.0. The van der Waals surface area contributed by atoms with E-state index in [1.54, 1.807) is 18.2 Å². The monoisotopic (exact) mass is 402 g/mol. The highest BCUT2D eigenvalue weighted by atomic mass is 35.5. The average molecular weight is 403 g/mol. The van der Waals surface area contributed by atoms with Gasteiger partial charge in [-0.2, -0.15) is 0 Å². The number of rotatable bonds is 4. The molecule has 1 aliphatic carbocycles. The lowest BCUT2D eigenvalue weighted by Crippen LogP contribution is -2.15. The third-order valence-corrected chi connectivity index (χ3v) is 6.16. The highest BCUT2D eigenvalue weighted by Crippen LogP contribution is 2.36. The molecule has 4 nitrogen and oxygen atoms in total. The molecule has 1 heterocycles. The lowest BCUT2D eigenvalue weighted by molar-refractivity contribution is -0.117. The number of carbonyl (C=O) groups excluding carboxylic acids is 2. The quantitative estimate of drug-likeness (QED) is 0.596. The van der Waals surface area contributed by atoms with Gasteiger partial charge in [0.05, 0.1) is 5.02 Å². The molecule has 1 aliphatic rings. The van der Waals surface area contributed by atoms with E-state index in [0.29, 0.717) is 31.4 Å². The van der Waals surface area contributed by atoms with Crippen LogP contribution in [-0.2, 0) is 4.79 Å². The molecule has 0 aliphatic heterocycles. The van der Waals surface area contributed by atoms with E-state index in [-0.39, 0.29) is 23.5 Å². The summed E-state index contributed by atoms with van der Waals surface area (Å²) in [5.41, 5.74) is 2.08. The van der Waals surface area contributed by atoms with Crippen molar-refractivity contribution < 1.29 is 14.0 Å². The van der Waals surface area contributed by atoms with Gasteiger partial charge in [-0.1, -0.05) is 17.7 Å². The van der Waals surface area contributed by atoms with Gasteiger partial charge in [0, 0.05) is 27.4 Å². The number of nitrogens with one attached hydrogen (secondary N) is 2. The molecule has 1 saturated carbocycles. The summed E-state index contributed by atoms with van der Waals surface area (Å²) in [6.07, 6.45) is 1.85. The average Bonchev–Trinajstić information content (AvgIpc) is 3.42. The van der Waals surface area contributed by atoms with Crippen LogP contribution in [0.3, 0.4) is 0 Å². The summed E-state index contributed by atoms with van der Waals surface area (Å²) in [6.45, 7) is 1.87. The van der Waals surface area contributed by atoms with Crippen molar-refractivity contribution in [3.05, 3.63) is 57.7 Å². The van der Waals surface area contributed by atoms with Crippen LogP contribution in [0.25, 0.3) is 10.1 Å². The van der Waals surface area contributed by atoms with Gasteiger partial charge in [-0.05, 0) is 55.7 Å². The first-order valence-electron chi connectivity index (χ1n) is 8.53. The molecular weight excluding hydrogens is 387 g/mol. The normalized spacial score (nSPS) is 13.6. The number of thiophene rings is 1. The van der Waals surface area contributed by atoms with Gasteiger partial charge < -0.3 is 10.6 Å². The van der Waals surface area contributed by atoms with Crippen molar-refractivity contribution in [1.82, 2.24) is 0 Å². The number of anilines is 2. The van der Waals surface area contributed by atoms with Crippen molar-refractivity contribution in [3.8, 4) is 0 Å². The second-order valence-corrected chi connectivity index (χ2v) is 8.06. The minimum atomic E-state index is -0.373. The predicted octanol–water partition coefficient (Wildman–Crippen LogP) is 5.60. The number of hydrogen-bond acceptors (Lipinski definition) is 3. The van der Waals surface area contributed by atoms with Crippen LogP contribution in [0, 0.1) is 18.7 Å². The molecule has 0 saturated heterocycles. The zero-order valence-electron chi connectivity index (χ0n) is 14.4. The van der Waals surface area contributed by atoms with Crippen molar-refractivity contribution in [2.24, 2.45) is 5.92 Å². The van der Waals surface area contributed by atoms with Crippen molar-refractivity contribution >= 4 is 56.2 Å². The van der Waals surface area contributed by atoms with Crippen LogP contribution in [0.15, 0.2) is 36.4 Å². The first-order valence-corrected chi connectivity index (χ1v) is 9.72. The molecule has 1 aromatic heterocycles. The van der Waals surface area contributed by atoms with Gasteiger partial charge in [-0.15, -0.1) is 11.3 Å². The Balaban J connectivity index is 1.59. The SMILES string of the molecule is Cc1ccc(NC(=O)C2CC2)cc1NC(=O)c1sc2cc(F)ccc2c1Cl. The van der Waals surface area contributed by atoms with E-state index in [0.717, 1.165) is 29.7 Å². The van der Waals surface area contributed by atoms with E-state index in [1.165, 1.54) is 12.1 Å². The predicted molar refractivity (Wildman–Crippen MR) is 107 cm³/mol. The molecule has 2 aromatic carbocycles. The van der Waals surface area contributed by atoms with Crippen LogP contribution in [-0.4, -0.2) is 11.8 Å². The summed E-state index contributed by atoms with van der Waals surface area (Å²) in [5.74, 6) is -0.634. The van der Waals surface area contributed by atoms with Crippen molar-refractivity contribution in [2.45, 2.75) is 19.8 Å². The van der Waals surface area contributed by atoms with Crippen LogP contribution in [0.5, 0.6) is 0 Å². The van der Waals surface area contributed by atoms with Gasteiger partial charge in [-0.3, -0.25) is 9.59 Å². The standard InChI is InChI=1S/C20H16ClFN2O2S/c1-10-2-6-13(23-19(25)11-3-4-11)9-15(10)24-20(26)18-17(21)14-7-5-12(22)8-16(14)27-18/h2,5-9,11H,3-4H2,1H3,(H,23,25)(H,24,26). The van der Waals surface area contributed by atoms with E-state index in [1.807, 2.05) is 13.0 Å². The van der Waals surface area contributed by atoms with Crippen molar-refractivity contribution in [1.29, 1.82) is 0 Å². The molecule has 2 N–H and O–H groups in total. The van der Waals surface area contributed by atoms with E-state index >= 15 is 0 Å². The topological polar surface area (TPSA) is 58.2 Å². The van der Waals surface area contributed by atoms with Crippen molar-refractivity contribution in [3.63, 3.8) is 0 Å². The molecule has 1 fully saturated rings. The molecule has 4 rings (SSSR count). The Morgan fingerprint density at radius 3 is 2.67 bits per heavy atom. The van der Waals surface area contributed by atoms with E-state index in [9.17, 15) is 14.0 Å². The highest BCUT2D eigenvalue weighted by Gasteiger charge is 2.29. The molecule has 0 atom stereocenters. The summed E-state index contributed by atoms with van der Waals surface area (Å²) in [5, 5.41) is 6.67. The third-order valence-electron chi connectivity index (χ3n) is 4.50. The number of aryl methyl sites for hydroxylation is 1. The number of halogens is 2. The van der Waals surface area contributed by atoms with E-state index in [4.69, 9.17) is 11.6 Å². The third kappa shape index (κ3) is 3.68. The zero-order chi connectivity index (χ0) is 19.1. The molecule has 2 amide bonds. The van der Waals surface area contributed by atoms with Crippen LogP contribution < -0.4 is 10.6 Å². The van der Waals surface area contributed by atoms with Crippen LogP contribution in [0.4, 0.5) is 15.8 Å². The summed E-state index contributed by atoms with van der Waals surface area (Å²) < 4.78 is 14.0. The Labute approximate surface area is 164 Å². The fraction of sp³-hybridized carbons (Fsp3) is 0.200. The molecular formula is C20H16ClFN2O2S. The molecule has 27 heavy (non-hydrogen) atoms. The van der Waals surface area contributed by atoms with Crippen LogP contribution in [0.2, 0.25) is 5.02 Å². The lowest BCUT2D eigenvalue weighted by atomic mass is 10.1. The Hall–Kier alpha value is -2.44. The number of fused-ring (bicyclic) bond motifs is 1. The van der Waals surface area contributed by atoms with Crippen LogP contribution in [0.1, 0.15) is 28.1 Å². The first kappa shape index (κ1) is 17.9. The van der Waals surface area contributed by atoms with Gasteiger partial charge in [-0.25, -0.2) is 4.39 Å². The summed E-state index contributed by atoms with van der Waals surface area (Å²) in [6, 6.07) is 9.62. The second-order valence-electron chi connectivity index (χ2n) is 6.63. The lowest BCUT2D eigenvalue weighted by Gasteiger charge is -2.11. The number of carbonyl (C=O) groups is 2. The largest absolute Gasteiger partial charge is 0.326 e. The van der Waals surface area contributed by atoms with Gasteiger partial charge in [0.25, 0.3) is 5.91 Å². The molecule has 3 aromatic rings. The zero-order valence-corrected chi connectivity index (χ0v) is 16.0. The molecule has 7 heteroatoms. The number of hydrogen-bond donors (Lipinski definition) is 2. The van der Waals surface area contributed by atoms with E-state index in [2.05, 4.69) is 10.6 Å². The van der Waals surface area contributed by atoms with Gasteiger partial charge in [0.15, 0.2) is 0 Å². The fourth-order valence-electron chi connectivity index (χ4n) is 2.79. The van der Waals surface area contributed by atoms with Crippen molar-refractivity contribution in [2.75, 3.05) is 10.6 Å². The summed E-state index contributed by atoms with van der Waals surface area (Å²) >= 11 is 7.47. The fourth-order valence-corrected chi connectivity index (χ4v) is 4.23. The highest BCUT2D eigenvalue weighted by molar-refractivity contribution is 7.21. The van der Waals surface area contributed by atoms with Gasteiger partial charge in [0.2, 0.25) is 5.91 Å². The van der Waals surface area contributed by atoms with Gasteiger partial charge in [0.1, 0.15) is 10.7 Å². The Kier molecular flexibility index (Phi) is 4.61. The maximum absolute atomic E-state index is 13.4. The van der Waals surface area contributed by atoms with E-state index < -0.39 is 0 Å². The number of amides is 2. The molecule has 0 spiro atoms. The Morgan fingerprint density at radius 1 is 1.15 bits per heavy atom.